The Morgan fingerprint density at radius 1 is 0.867 bits per heavy atom. The van der Waals surface area contributed by atoms with Crippen LogP contribution in [0.4, 0.5) is 5.69 Å². The van der Waals surface area contributed by atoms with E-state index in [0.717, 1.165) is 28.7 Å². The number of hydrogen-bond donors (Lipinski definition) is 3. The summed E-state index contributed by atoms with van der Waals surface area (Å²) in [6, 6.07) is 15.2. The van der Waals surface area contributed by atoms with Gasteiger partial charge in [-0.15, -0.1) is 0 Å². The van der Waals surface area contributed by atoms with Crippen LogP contribution in [-0.4, -0.2) is 27.5 Å². The van der Waals surface area contributed by atoms with E-state index in [0.29, 0.717) is 6.54 Å². The number of carbonyl (C=O) groups excluding carboxylic acids is 2. The third-order valence-electron chi connectivity index (χ3n) is 4.78. The Bertz CT molecular complexity index is 1080. The van der Waals surface area contributed by atoms with Gasteiger partial charge in [-0.3, -0.25) is 29.6 Å². The standard InChI is InChI=1S/C22H27N5O3/c1-3-13-26-18-6-4-5-7-19(18)27(22(26)30)14-12-20(28)24-25-21(29)15-23-17-10-8-16(2)9-11-17/h4-11,23H,3,12-15H2,1-2H3,(H,24,28)(H,25,29). The zero-order valence-electron chi connectivity index (χ0n) is 17.3. The second-order valence-electron chi connectivity index (χ2n) is 7.14. The Morgan fingerprint density at radius 2 is 1.47 bits per heavy atom. The normalized spacial score (nSPS) is 10.7. The first kappa shape index (κ1) is 21.2. The van der Waals surface area contributed by atoms with Gasteiger partial charge >= 0.3 is 5.69 Å². The average molecular weight is 409 g/mol. The number of carbonyl (C=O) groups is 2. The Kier molecular flexibility index (Phi) is 6.90. The molecule has 3 rings (SSSR count). The molecule has 0 aliphatic rings. The van der Waals surface area contributed by atoms with Gasteiger partial charge in [0.1, 0.15) is 0 Å². The van der Waals surface area contributed by atoms with Crippen molar-refractivity contribution in [1.82, 2.24) is 20.0 Å². The number of nitrogens with one attached hydrogen (secondary N) is 3. The maximum Gasteiger partial charge on any atom is 0.329 e. The number of rotatable bonds is 8. The minimum absolute atomic E-state index is 0.0350. The molecule has 8 nitrogen and oxygen atoms in total. The van der Waals surface area contributed by atoms with E-state index in [1.165, 1.54) is 0 Å². The van der Waals surface area contributed by atoms with Crippen LogP contribution in [0.1, 0.15) is 25.3 Å². The van der Waals surface area contributed by atoms with Crippen LogP contribution in [0.2, 0.25) is 0 Å². The molecule has 0 radical (unpaired) electrons. The average Bonchev–Trinajstić information content (AvgIpc) is 3.02. The number of amides is 2. The van der Waals surface area contributed by atoms with E-state index < -0.39 is 0 Å². The molecule has 2 amide bonds. The van der Waals surface area contributed by atoms with Crippen molar-refractivity contribution in [1.29, 1.82) is 0 Å². The lowest BCUT2D eigenvalue weighted by Gasteiger charge is -2.09. The van der Waals surface area contributed by atoms with Crippen molar-refractivity contribution in [2.24, 2.45) is 0 Å². The fourth-order valence-corrected chi connectivity index (χ4v) is 3.24. The Hall–Kier alpha value is -3.55. The summed E-state index contributed by atoms with van der Waals surface area (Å²) < 4.78 is 3.33. The first-order valence-corrected chi connectivity index (χ1v) is 10.1. The number of aromatic nitrogens is 2. The molecule has 0 aliphatic carbocycles. The van der Waals surface area contributed by atoms with Gasteiger partial charge in [0, 0.05) is 25.2 Å². The molecule has 3 N–H and O–H groups in total. The molecule has 0 atom stereocenters. The first-order chi connectivity index (χ1) is 14.5. The zero-order chi connectivity index (χ0) is 21.5. The van der Waals surface area contributed by atoms with E-state index >= 15 is 0 Å². The van der Waals surface area contributed by atoms with Gasteiger partial charge in [0.2, 0.25) is 5.91 Å². The van der Waals surface area contributed by atoms with Crippen molar-refractivity contribution < 1.29 is 9.59 Å². The third kappa shape index (κ3) is 5.08. The number of anilines is 1. The van der Waals surface area contributed by atoms with Crippen molar-refractivity contribution in [3.05, 3.63) is 64.6 Å². The number of para-hydroxylation sites is 2. The van der Waals surface area contributed by atoms with Crippen LogP contribution in [0.15, 0.2) is 53.3 Å². The number of benzene rings is 2. The molecule has 1 aromatic heterocycles. The number of hydrogen-bond acceptors (Lipinski definition) is 4. The summed E-state index contributed by atoms with van der Waals surface area (Å²) in [6.45, 7) is 4.90. The predicted octanol–water partition coefficient (Wildman–Crippen LogP) is 2.17. The highest BCUT2D eigenvalue weighted by Gasteiger charge is 2.13. The van der Waals surface area contributed by atoms with Gasteiger partial charge in [0.25, 0.3) is 5.91 Å². The first-order valence-electron chi connectivity index (χ1n) is 10.1. The number of imidazole rings is 1. The van der Waals surface area contributed by atoms with Crippen LogP contribution in [0.5, 0.6) is 0 Å². The molecule has 0 aliphatic heterocycles. The second kappa shape index (κ2) is 9.78. The smallest absolute Gasteiger partial charge is 0.329 e. The summed E-state index contributed by atoms with van der Waals surface area (Å²) in [7, 11) is 0. The second-order valence-corrected chi connectivity index (χ2v) is 7.14. The van der Waals surface area contributed by atoms with Crippen molar-refractivity contribution in [3.8, 4) is 0 Å². The lowest BCUT2D eigenvalue weighted by atomic mass is 10.2. The van der Waals surface area contributed by atoms with Gasteiger partial charge in [0.15, 0.2) is 0 Å². The van der Waals surface area contributed by atoms with E-state index in [-0.39, 0.29) is 37.0 Å². The fourth-order valence-electron chi connectivity index (χ4n) is 3.24. The van der Waals surface area contributed by atoms with Crippen molar-refractivity contribution >= 4 is 28.5 Å². The minimum atomic E-state index is -0.363. The van der Waals surface area contributed by atoms with Gasteiger partial charge in [-0.2, -0.15) is 0 Å². The fraction of sp³-hybridized carbons (Fsp3) is 0.318. The molecule has 1 heterocycles. The topological polar surface area (TPSA) is 97.2 Å². The van der Waals surface area contributed by atoms with Crippen LogP contribution in [-0.2, 0) is 22.7 Å². The van der Waals surface area contributed by atoms with Crippen LogP contribution in [0, 0.1) is 6.92 Å². The molecule has 3 aromatic rings. The zero-order valence-corrected chi connectivity index (χ0v) is 17.3. The van der Waals surface area contributed by atoms with E-state index in [1.54, 1.807) is 9.13 Å². The maximum absolute atomic E-state index is 12.7. The lowest BCUT2D eigenvalue weighted by Crippen LogP contribution is -2.44. The highest BCUT2D eigenvalue weighted by Crippen LogP contribution is 2.13. The number of aryl methyl sites for hydroxylation is 3. The Morgan fingerprint density at radius 3 is 2.10 bits per heavy atom. The quantitative estimate of drug-likeness (QED) is 0.497. The minimum Gasteiger partial charge on any atom is -0.376 e. The van der Waals surface area contributed by atoms with Gasteiger partial charge in [-0.1, -0.05) is 36.8 Å². The van der Waals surface area contributed by atoms with Crippen molar-refractivity contribution in [2.75, 3.05) is 11.9 Å². The summed E-state index contributed by atoms with van der Waals surface area (Å²) in [4.78, 5) is 36.8. The maximum atomic E-state index is 12.7. The summed E-state index contributed by atoms with van der Waals surface area (Å²) in [6.07, 6.45) is 0.919. The molecule has 30 heavy (non-hydrogen) atoms. The van der Waals surface area contributed by atoms with E-state index in [4.69, 9.17) is 0 Å². The lowest BCUT2D eigenvalue weighted by molar-refractivity contribution is -0.128. The summed E-state index contributed by atoms with van der Waals surface area (Å²) in [5, 5.41) is 2.98. The molecule has 0 saturated heterocycles. The van der Waals surface area contributed by atoms with E-state index in [1.807, 2.05) is 62.4 Å². The Balaban J connectivity index is 1.51. The van der Waals surface area contributed by atoms with E-state index in [2.05, 4.69) is 16.2 Å². The van der Waals surface area contributed by atoms with Crippen molar-refractivity contribution in [3.63, 3.8) is 0 Å². The summed E-state index contributed by atoms with van der Waals surface area (Å²) in [5.74, 6) is -0.724. The van der Waals surface area contributed by atoms with Crippen LogP contribution in [0.25, 0.3) is 11.0 Å². The molecule has 2 aromatic carbocycles. The van der Waals surface area contributed by atoms with Crippen LogP contribution >= 0.6 is 0 Å². The number of nitrogens with zero attached hydrogens (tertiary/aromatic N) is 2. The highest BCUT2D eigenvalue weighted by atomic mass is 16.2. The molecular weight excluding hydrogens is 382 g/mol. The van der Waals surface area contributed by atoms with Crippen LogP contribution < -0.4 is 21.9 Å². The van der Waals surface area contributed by atoms with Gasteiger partial charge in [-0.25, -0.2) is 4.79 Å². The summed E-state index contributed by atoms with van der Waals surface area (Å²) >= 11 is 0. The van der Waals surface area contributed by atoms with Gasteiger partial charge < -0.3 is 5.32 Å². The number of hydrazine groups is 1. The molecule has 8 heteroatoms. The molecule has 158 valence electrons. The monoisotopic (exact) mass is 409 g/mol. The molecule has 0 bridgehead atoms. The van der Waals surface area contributed by atoms with Crippen molar-refractivity contribution in [2.45, 2.75) is 39.8 Å². The molecular formula is C22H27N5O3. The predicted molar refractivity (Wildman–Crippen MR) is 117 cm³/mol. The SMILES string of the molecule is CCCn1c(=O)n(CCC(=O)NNC(=O)CNc2ccc(C)cc2)c2ccccc21. The molecule has 0 spiro atoms. The molecule has 0 saturated carbocycles. The summed E-state index contributed by atoms with van der Waals surface area (Å²) in [5.41, 5.74) is 8.27. The molecule has 0 fully saturated rings. The highest BCUT2D eigenvalue weighted by molar-refractivity contribution is 5.84. The Labute approximate surface area is 174 Å². The van der Waals surface area contributed by atoms with Crippen LogP contribution in [0.3, 0.4) is 0 Å². The van der Waals surface area contributed by atoms with Gasteiger partial charge in [-0.05, 0) is 37.6 Å². The van der Waals surface area contributed by atoms with Gasteiger partial charge in [0.05, 0.1) is 17.6 Å². The largest absolute Gasteiger partial charge is 0.376 e. The van der Waals surface area contributed by atoms with E-state index in [9.17, 15) is 14.4 Å². The number of fused-ring (bicyclic) bond motifs is 1. The molecule has 0 unspecified atom stereocenters. The third-order valence-corrected chi connectivity index (χ3v) is 4.78.